The van der Waals surface area contributed by atoms with E-state index >= 15 is 0 Å². The summed E-state index contributed by atoms with van der Waals surface area (Å²) < 4.78 is 6.28. The third kappa shape index (κ3) is 4.04. The Hall–Kier alpha value is -0.880. The molecule has 3 nitrogen and oxygen atoms in total. The van der Waals surface area contributed by atoms with Gasteiger partial charge in [-0.15, -0.1) is 11.3 Å². The maximum Gasteiger partial charge on any atom is 0.118 e. The van der Waals surface area contributed by atoms with Crippen LogP contribution in [0, 0.1) is 0 Å². The van der Waals surface area contributed by atoms with E-state index in [1.165, 1.54) is 11.1 Å². The molecule has 1 unspecified atom stereocenters. The molecule has 3 N–H and O–H groups in total. The standard InChI is InChI=1S/C14H17BrN2OS/c1-18-12-5-2-10(3-6-12)4-7-13(17-16)11-8-14(15)19-9-11/h2-3,5-6,8-9,13,17H,4,7,16H2,1H3. The van der Waals surface area contributed by atoms with E-state index in [9.17, 15) is 0 Å². The molecule has 0 spiro atoms. The normalized spacial score (nSPS) is 12.4. The van der Waals surface area contributed by atoms with E-state index in [0.29, 0.717) is 0 Å². The van der Waals surface area contributed by atoms with Gasteiger partial charge >= 0.3 is 0 Å². The maximum atomic E-state index is 5.64. The molecule has 0 saturated heterocycles. The molecule has 2 aromatic rings. The number of hydrogen-bond acceptors (Lipinski definition) is 4. The zero-order valence-electron chi connectivity index (χ0n) is 10.7. The Kier molecular flexibility index (Phi) is 5.39. The molecule has 1 aromatic heterocycles. The summed E-state index contributed by atoms with van der Waals surface area (Å²) in [7, 11) is 1.68. The van der Waals surface area contributed by atoms with E-state index in [1.54, 1.807) is 18.4 Å². The number of rotatable bonds is 6. The third-order valence-corrected chi connectivity index (χ3v) is 4.59. The molecule has 0 saturated carbocycles. The van der Waals surface area contributed by atoms with Gasteiger partial charge < -0.3 is 4.74 Å². The van der Waals surface area contributed by atoms with E-state index in [4.69, 9.17) is 10.6 Å². The summed E-state index contributed by atoms with van der Waals surface area (Å²) in [6.07, 6.45) is 1.94. The number of methoxy groups -OCH3 is 1. The molecule has 1 atom stereocenters. The number of nitrogens with two attached hydrogens (primary N) is 1. The molecular formula is C14H17BrN2OS. The summed E-state index contributed by atoms with van der Waals surface area (Å²) in [5.74, 6) is 6.53. The lowest BCUT2D eigenvalue weighted by atomic mass is 10.0. The summed E-state index contributed by atoms with van der Waals surface area (Å²) in [5, 5.41) is 2.13. The van der Waals surface area contributed by atoms with Crippen molar-refractivity contribution in [3.63, 3.8) is 0 Å². The van der Waals surface area contributed by atoms with E-state index in [1.807, 2.05) is 12.1 Å². The van der Waals surface area contributed by atoms with Crippen molar-refractivity contribution in [2.24, 2.45) is 5.84 Å². The minimum Gasteiger partial charge on any atom is -0.497 e. The number of hydrazine groups is 1. The van der Waals surface area contributed by atoms with E-state index < -0.39 is 0 Å². The molecule has 0 amide bonds. The molecule has 0 aliphatic heterocycles. The van der Waals surface area contributed by atoms with Gasteiger partial charge in [0, 0.05) is 6.04 Å². The van der Waals surface area contributed by atoms with Crippen molar-refractivity contribution in [1.82, 2.24) is 5.43 Å². The van der Waals surface area contributed by atoms with Crippen LogP contribution in [-0.4, -0.2) is 7.11 Å². The van der Waals surface area contributed by atoms with Crippen molar-refractivity contribution in [2.75, 3.05) is 7.11 Å². The first-order chi connectivity index (χ1) is 9.22. The van der Waals surface area contributed by atoms with Gasteiger partial charge in [-0.1, -0.05) is 12.1 Å². The first-order valence-electron chi connectivity index (χ1n) is 6.06. The number of benzene rings is 1. The van der Waals surface area contributed by atoms with Gasteiger partial charge in [0.15, 0.2) is 0 Å². The molecule has 0 aliphatic carbocycles. The minimum absolute atomic E-state index is 0.185. The molecule has 0 fully saturated rings. The van der Waals surface area contributed by atoms with Crippen molar-refractivity contribution < 1.29 is 4.74 Å². The van der Waals surface area contributed by atoms with Crippen LogP contribution in [-0.2, 0) is 6.42 Å². The predicted octanol–water partition coefficient (Wildman–Crippen LogP) is 3.66. The van der Waals surface area contributed by atoms with Crippen LogP contribution < -0.4 is 16.0 Å². The largest absolute Gasteiger partial charge is 0.497 e. The van der Waals surface area contributed by atoms with E-state index in [-0.39, 0.29) is 6.04 Å². The van der Waals surface area contributed by atoms with Crippen LogP contribution in [0.15, 0.2) is 39.5 Å². The van der Waals surface area contributed by atoms with Crippen molar-refractivity contribution in [3.05, 3.63) is 50.6 Å². The Morgan fingerprint density at radius 1 is 1.37 bits per heavy atom. The van der Waals surface area contributed by atoms with Crippen LogP contribution >= 0.6 is 27.3 Å². The SMILES string of the molecule is COc1ccc(CCC(NN)c2csc(Br)c2)cc1. The Labute approximate surface area is 125 Å². The van der Waals surface area contributed by atoms with Crippen molar-refractivity contribution in [2.45, 2.75) is 18.9 Å². The van der Waals surface area contributed by atoms with Crippen molar-refractivity contribution >= 4 is 27.3 Å². The van der Waals surface area contributed by atoms with Gasteiger partial charge in [-0.2, -0.15) is 0 Å². The molecule has 1 aromatic carbocycles. The quantitative estimate of drug-likeness (QED) is 0.623. The zero-order chi connectivity index (χ0) is 13.7. The fraction of sp³-hybridized carbons (Fsp3) is 0.286. The molecule has 0 radical (unpaired) electrons. The maximum absolute atomic E-state index is 5.64. The first-order valence-corrected chi connectivity index (χ1v) is 7.73. The summed E-state index contributed by atoms with van der Waals surface area (Å²) in [6.45, 7) is 0. The average Bonchev–Trinajstić information content (AvgIpc) is 2.87. The number of aryl methyl sites for hydroxylation is 1. The summed E-state index contributed by atoms with van der Waals surface area (Å²) in [5.41, 5.74) is 5.40. The molecule has 0 aliphatic rings. The van der Waals surface area contributed by atoms with Gasteiger partial charge in [0.2, 0.25) is 0 Å². The zero-order valence-corrected chi connectivity index (χ0v) is 13.1. The molecule has 1 heterocycles. The van der Waals surface area contributed by atoms with E-state index in [2.05, 4.69) is 44.9 Å². The second-order valence-electron chi connectivity index (χ2n) is 4.29. The topological polar surface area (TPSA) is 47.3 Å². The lowest BCUT2D eigenvalue weighted by molar-refractivity contribution is 0.414. The highest BCUT2D eigenvalue weighted by molar-refractivity contribution is 9.11. The molecule has 0 bridgehead atoms. The highest BCUT2D eigenvalue weighted by atomic mass is 79.9. The molecule has 5 heteroatoms. The van der Waals surface area contributed by atoms with Gasteiger partial charge in [0.25, 0.3) is 0 Å². The van der Waals surface area contributed by atoms with Crippen LogP contribution in [0.4, 0.5) is 0 Å². The molecule has 2 rings (SSSR count). The highest BCUT2D eigenvalue weighted by Crippen LogP contribution is 2.27. The Balaban J connectivity index is 1.95. The number of hydrogen-bond donors (Lipinski definition) is 2. The summed E-state index contributed by atoms with van der Waals surface area (Å²) >= 11 is 5.16. The van der Waals surface area contributed by atoms with Crippen LogP contribution in [0.1, 0.15) is 23.6 Å². The second kappa shape index (κ2) is 7.05. The molecule has 19 heavy (non-hydrogen) atoms. The Morgan fingerprint density at radius 3 is 2.63 bits per heavy atom. The minimum atomic E-state index is 0.185. The van der Waals surface area contributed by atoms with Gasteiger partial charge in [-0.25, -0.2) is 0 Å². The van der Waals surface area contributed by atoms with Crippen LogP contribution in [0.25, 0.3) is 0 Å². The lowest BCUT2D eigenvalue weighted by Gasteiger charge is -2.14. The first kappa shape index (κ1) is 14.5. The van der Waals surface area contributed by atoms with Gasteiger partial charge in [-0.3, -0.25) is 11.3 Å². The Bertz CT molecular complexity index is 512. The third-order valence-electron chi connectivity index (χ3n) is 3.07. The number of ether oxygens (including phenoxy) is 1. The monoisotopic (exact) mass is 340 g/mol. The molecule has 102 valence electrons. The second-order valence-corrected chi connectivity index (χ2v) is 6.58. The van der Waals surface area contributed by atoms with Crippen LogP contribution in [0.2, 0.25) is 0 Å². The number of thiophene rings is 1. The summed E-state index contributed by atoms with van der Waals surface area (Å²) in [6, 6.07) is 10.5. The smallest absolute Gasteiger partial charge is 0.118 e. The Morgan fingerprint density at radius 2 is 2.11 bits per heavy atom. The number of nitrogens with one attached hydrogen (secondary N) is 1. The predicted molar refractivity (Wildman–Crippen MR) is 83.4 cm³/mol. The lowest BCUT2D eigenvalue weighted by Crippen LogP contribution is -2.28. The van der Waals surface area contributed by atoms with E-state index in [0.717, 1.165) is 22.4 Å². The van der Waals surface area contributed by atoms with Crippen molar-refractivity contribution in [1.29, 1.82) is 0 Å². The fourth-order valence-corrected chi connectivity index (χ4v) is 3.19. The molecular weight excluding hydrogens is 324 g/mol. The average molecular weight is 341 g/mol. The van der Waals surface area contributed by atoms with Gasteiger partial charge in [0.1, 0.15) is 5.75 Å². The van der Waals surface area contributed by atoms with Gasteiger partial charge in [-0.05, 0) is 63.5 Å². The highest BCUT2D eigenvalue weighted by Gasteiger charge is 2.11. The fourth-order valence-electron chi connectivity index (χ4n) is 1.96. The van der Waals surface area contributed by atoms with Crippen LogP contribution in [0.3, 0.4) is 0 Å². The van der Waals surface area contributed by atoms with Crippen molar-refractivity contribution in [3.8, 4) is 5.75 Å². The van der Waals surface area contributed by atoms with Gasteiger partial charge in [0.05, 0.1) is 10.9 Å². The van der Waals surface area contributed by atoms with Crippen LogP contribution in [0.5, 0.6) is 5.75 Å². The number of halogens is 1. The summed E-state index contributed by atoms with van der Waals surface area (Å²) in [4.78, 5) is 0.